The van der Waals surface area contributed by atoms with Gasteiger partial charge in [0.1, 0.15) is 0 Å². The second-order valence-corrected chi connectivity index (χ2v) is 3.08. The van der Waals surface area contributed by atoms with Crippen molar-refractivity contribution in [1.82, 2.24) is 4.90 Å². The molecule has 0 aromatic heterocycles. The number of nitrogens with zero attached hydrogens (tertiary/aromatic N) is 1. The summed E-state index contributed by atoms with van der Waals surface area (Å²) in [6.45, 7) is 3.96. The minimum absolute atomic E-state index is 0.160. The van der Waals surface area contributed by atoms with E-state index in [2.05, 4.69) is 11.8 Å². The van der Waals surface area contributed by atoms with Crippen LogP contribution < -0.4 is 0 Å². The Hall–Kier alpha value is -0.900. The summed E-state index contributed by atoms with van der Waals surface area (Å²) < 4.78 is 0. The summed E-state index contributed by atoms with van der Waals surface area (Å²) >= 11 is 0. The summed E-state index contributed by atoms with van der Waals surface area (Å²) in [5.41, 5.74) is 0. The van der Waals surface area contributed by atoms with E-state index in [1.807, 2.05) is 7.05 Å². The summed E-state index contributed by atoms with van der Waals surface area (Å²) in [5, 5.41) is 8.28. The highest BCUT2D eigenvalue weighted by molar-refractivity contribution is 6.32. The Morgan fingerprint density at radius 2 is 1.92 bits per heavy atom. The molecule has 0 aliphatic carbocycles. The molecule has 0 amide bonds. The van der Waals surface area contributed by atoms with Crippen LogP contribution in [0, 0.1) is 0 Å². The average molecular weight is 187 g/mol. The number of hydrogen-bond donors (Lipinski definition) is 1. The van der Waals surface area contributed by atoms with Crippen LogP contribution in [0.3, 0.4) is 0 Å². The van der Waals surface area contributed by atoms with Gasteiger partial charge in [-0.15, -0.1) is 0 Å². The topological polar surface area (TPSA) is 57.6 Å². The van der Waals surface area contributed by atoms with Gasteiger partial charge in [-0.1, -0.05) is 6.92 Å². The van der Waals surface area contributed by atoms with Crippen LogP contribution in [0.4, 0.5) is 0 Å². The predicted molar refractivity (Wildman–Crippen MR) is 49.7 cm³/mol. The predicted octanol–water partition coefficient (Wildman–Crippen LogP) is 0.762. The van der Waals surface area contributed by atoms with Crippen LogP contribution in [-0.4, -0.2) is 41.9 Å². The van der Waals surface area contributed by atoms with E-state index < -0.39 is 11.8 Å². The van der Waals surface area contributed by atoms with Crippen molar-refractivity contribution in [2.24, 2.45) is 0 Å². The molecule has 0 aliphatic rings. The van der Waals surface area contributed by atoms with Crippen molar-refractivity contribution >= 4 is 11.8 Å². The Balaban J connectivity index is 3.36. The van der Waals surface area contributed by atoms with Gasteiger partial charge in [-0.2, -0.15) is 0 Å². The molecular formula is C9H17NO3. The summed E-state index contributed by atoms with van der Waals surface area (Å²) in [7, 11) is 2.00. The van der Waals surface area contributed by atoms with Crippen LogP contribution in [0.2, 0.25) is 0 Å². The lowest BCUT2D eigenvalue weighted by Crippen LogP contribution is -2.19. The van der Waals surface area contributed by atoms with E-state index in [0.29, 0.717) is 6.42 Å². The fourth-order valence-electron chi connectivity index (χ4n) is 0.932. The van der Waals surface area contributed by atoms with Gasteiger partial charge in [0.15, 0.2) is 0 Å². The zero-order valence-electron chi connectivity index (χ0n) is 8.25. The summed E-state index contributed by atoms with van der Waals surface area (Å²) in [5.74, 6) is -2.00. The molecule has 0 aromatic carbocycles. The lowest BCUT2D eigenvalue weighted by Gasteiger charge is -2.12. The van der Waals surface area contributed by atoms with Crippen molar-refractivity contribution in [3.8, 4) is 0 Å². The molecule has 0 fully saturated rings. The van der Waals surface area contributed by atoms with Crippen LogP contribution in [0.5, 0.6) is 0 Å². The molecule has 4 nitrogen and oxygen atoms in total. The first-order chi connectivity index (χ1) is 6.07. The maximum absolute atomic E-state index is 10.6. The molecule has 4 heteroatoms. The number of unbranched alkanes of at least 4 members (excludes halogenated alkanes) is 1. The number of rotatable bonds is 7. The Labute approximate surface area is 78.5 Å². The van der Waals surface area contributed by atoms with Gasteiger partial charge in [-0.25, -0.2) is 4.79 Å². The minimum atomic E-state index is -1.32. The zero-order chi connectivity index (χ0) is 10.3. The zero-order valence-corrected chi connectivity index (χ0v) is 8.25. The Morgan fingerprint density at radius 1 is 1.31 bits per heavy atom. The number of carbonyl (C=O) groups is 2. The molecule has 76 valence electrons. The highest BCUT2D eigenvalue weighted by atomic mass is 16.4. The maximum Gasteiger partial charge on any atom is 0.372 e. The van der Waals surface area contributed by atoms with Gasteiger partial charge in [0, 0.05) is 6.42 Å². The quantitative estimate of drug-likeness (QED) is 0.472. The standard InChI is InChI=1S/C9H17NO3/c1-3-10(2)7-5-4-6-8(11)9(12)13/h3-7H2,1-2H3,(H,12,13). The maximum atomic E-state index is 10.6. The SMILES string of the molecule is CCN(C)CCCCC(=O)C(=O)O. The molecule has 13 heavy (non-hydrogen) atoms. The number of aliphatic carboxylic acids is 1. The third kappa shape index (κ3) is 6.28. The van der Waals surface area contributed by atoms with E-state index in [-0.39, 0.29) is 6.42 Å². The largest absolute Gasteiger partial charge is 0.476 e. The first-order valence-electron chi connectivity index (χ1n) is 4.52. The van der Waals surface area contributed by atoms with E-state index >= 15 is 0 Å². The number of carboxylic acid groups (broad SMARTS) is 1. The summed E-state index contributed by atoms with van der Waals surface area (Å²) in [6.07, 6.45) is 1.70. The molecule has 0 saturated heterocycles. The number of carbonyl (C=O) groups excluding carboxylic acids is 1. The number of carboxylic acids is 1. The van der Waals surface area contributed by atoms with Gasteiger partial charge in [-0.3, -0.25) is 4.79 Å². The normalized spacial score (nSPS) is 10.4. The van der Waals surface area contributed by atoms with E-state index in [9.17, 15) is 9.59 Å². The summed E-state index contributed by atoms with van der Waals surface area (Å²) in [4.78, 5) is 22.9. The van der Waals surface area contributed by atoms with Crippen LogP contribution in [-0.2, 0) is 9.59 Å². The lowest BCUT2D eigenvalue weighted by molar-refractivity contribution is -0.149. The van der Waals surface area contributed by atoms with Crippen molar-refractivity contribution in [1.29, 1.82) is 0 Å². The van der Waals surface area contributed by atoms with Crippen molar-refractivity contribution in [3.63, 3.8) is 0 Å². The van der Waals surface area contributed by atoms with Gasteiger partial charge in [-0.05, 0) is 33.0 Å². The van der Waals surface area contributed by atoms with Gasteiger partial charge in [0.05, 0.1) is 0 Å². The molecule has 0 bridgehead atoms. The van der Waals surface area contributed by atoms with Gasteiger partial charge in [0.25, 0.3) is 0 Å². The smallest absolute Gasteiger partial charge is 0.372 e. The molecule has 1 N–H and O–H groups in total. The summed E-state index contributed by atoms with van der Waals surface area (Å²) in [6, 6.07) is 0. The molecule has 0 heterocycles. The monoisotopic (exact) mass is 187 g/mol. The highest BCUT2D eigenvalue weighted by Crippen LogP contribution is 1.98. The number of Topliss-reactive ketones (excluding diaryl/α,β-unsaturated/α-hetero) is 1. The minimum Gasteiger partial charge on any atom is -0.476 e. The van der Waals surface area contributed by atoms with Gasteiger partial charge < -0.3 is 10.0 Å². The van der Waals surface area contributed by atoms with E-state index in [1.165, 1.54) is 0 Å². The van der Waals surface area contributed by atoms with Crippen molar-refractivity contribution in [2.45, 2.75) is 26.2 Å². The van der Waals surface area contributed by atoms with E-state index in [4.69, 9.17) is 5.11 Å². The molecule has 0 rings (SSSR count). The Morgan fingerprint density at radius 3 is 2.38 bits per heavy atom. The third-order valence-electron chi connectivity index (χ3n) is 1.97. The van der Waals surface area contributed by atoms with E-state index in [0.717, 1.165) is 19.5 Å². The molecule has 0 aromatic rings. The fraction of sp³-hybridized carbons (Fsp3) is 0.778. The second-order valence-electron chi connectivity index (χ2n) is 3.08. The van der Waals surface area contributed by atoms with Crippen LogP contribution in [0.15, 0.2) is 0 Å². The van der Waals surface area contributed by atoms with E-state index in [1.54, 1.807) is 0 Å². The lowest BCUT2D eigenvalue weighted by atomic mass is 10.2. The molecule has 0 atom stereocenters. The Kier molecular flexibility index (Phi) is 6.14. The van der Waals surface area contributed by atoms with Crippen LogP contribution in [0.25, 0.3) is 0 Å². The molecule has 0 spiro atoms. The van der Waals surface area contributed by atoms with Gasteiger partial charge >= 0.3 is 5.97 Å². The average Bonchev–Trinajstić information content (AvgIpc) is 2.11. The van der Waals surface area contributed by atoms with Crippen molar-refractivity contribution < 1.29 is 14.7 Å². The molecular weight excluding hydrogens is 170 g/mol. The second kappa shape index (κ2) is 6.60. The van der Waals surface area contributed by atoms with Crippen molar-refractivity contribution in [2.75, 3.05) is 20.1 Å². The number of ketones is 1. The first kappa shape index (κ1) is 12.1. The van der Waals surface area contributed by atoms with Gasteiger partial charge in [0.2, 0.25) is 5.78 Å². The van der Waals surface area contributed by atoms with Crippen LogP contribution in [0.1, 0.15) is 26.2 Å². The molecule has 0 radical (unpaired) electrons. The van der Waals surface area contributed by atoms with Crippen molar-refractivity contribution in [3.05, 3.63) is 0 Å². The Bertz CT molecular complexity index is 180. The van der Waals surface area contributed by atoms with Crippen LogP contribution >= 0.6 is 0 Å². The first-order valence-corrected chi connectivity index (χ1v) is 4.52. The molecule has 0 aliphatic heterocycles. The number of hydrogen-bond acceptors (Lipinski definition) is 3. The third-order valence-corrected chi connectivity index (χ3v) is 1.97. The fourth-order valence-corrected chi connectivity index (χ4v) is 0.932. The molecule has 0 saturated carbocycles. The highest BCUT2D eigenvalue weighted by Gasteiger charge is 2.09. The molecule has 0 unspecified atom stereocenters.